The fourth-order valence-corrected chi connectivity index (χ4v) is 1.22. The lowest BCUT2D eigenvalue weighted by Gasteiger charge is -2.03. The third-order valence-electron chi connectivity index (χ3n) is 0.774. The molecule has 8 heavy (non-hydrogen) atoms. The molecule has 0 aliphatic carbocycles. The van der Waals surface area contributed by atoms with Crippen molar-refractivity contribution in [2.24, 2.45) is 0 Å². The Kier molecular flexibility index (Phi) is 5.97. The van der Waals surface area contributed by atoms with Gasteiger partial charge in [0.15, 0.2) is 0 Å². The summed E-state index contributed by atoms with van der Waals surface area (Å²) >= 11 is 0. The van der Waals surface area contributed by atoms with Crippen molar-refractivity contribution in [2.75, 3.05) is 0 Å². The highest BCUT2D eigenvalue weighted by atomic mass is 32.0. The lowest BCUT2D eigenvalue weighted by molar-refractivity contribution is -0.113. The zero-order valence-corrected chi connectivity index (χ0v) is 6.91. The van der Waals surface area contributed by atoms with Gasteiger partial charge in [-0.05, 0) is 6.42 Å². The van der Waals surface area contributed by atoms with Crippen molar-refractivity contribution in [3.63, 3.8) is 0 Å². The number of hydrogen-bond donors (Lipinski definition) is 0. The molecule has 3 atom stereocenters. The number of carbonyl (C=O) groups excluding carboxylic acids is 1. The minimum atomic E-state index is -0.189. The van der Waals surface area contributed by atoms with E-state index in [1.54, 1.807) is 0 Å². The standard InChI is InChI=1S/C4H10O2P2/c1-2-4(3-5)6-8-7/h3-4,8H,2,7H2,1H3/t4-/m1/s1. The van der Waals surface area contributed by atoms with Crippen molar-refractivity contribution in [3.05, 3.63) is 0 Å². The highest BCUT2D eigenvalue weighted by Gasteiger charge is 1.99. The fourth-order valence-electron chi connectivity index (χ4n) is 0.295. The summed E-state index contributed by atoms with van der Waals surface area (Å²) in [6, 6.07) is 0. The Balaban J connectivity index is 3.21. The summed E-state index contributed by atoms with van der Waals surface area (Å²) in [4.78, 5) is 10.00. The van der Waals surface area contributed by atoms with E-state index in [1.165, 1.54) is 0 Å². The Morgan fingerprint density at radius 3 is 2.75 bits per heavy atom. The topological polar surface area (TPSA) is 26.3 Å². The van der Waals surface area contributed by atoms with Crippen LogP contribution in [0.4, 0.5) is 0 Å². The molecular formula is C4H10O2P2. The number of carbonyl (C=O) groups is 1. The van der Waals surface area contributed by atoms with E-state index in [2.05, 4.69) is 8.93 Å². The normalized spacial score (nSPS) is 14.8. The molecule has 0 heterocycles. The molecule has 4 heteroatoms. The van der Waals surface area contributed by atoms with Crippen LogP contribution in [0.2, 0.25) is 0 Å². The molecule has 0 aliphatic rings. The van der Waals surface area contributed by atoms with E-state index in [0.717, 1.165) is 12.7 Å². The lowest BCUT2D eigenvalue weighted by atomic mass is 10.3. The molecular weight excluding hydrogens is 142 g/mol. The largest absolute Gasteiger partial charge is 0.348 e. The smallest absolute Gasteiger partial charge is 0.149 e. The van der Waals surface area contributed by atoms with Crippen molar-refractivity contribution in [1.29, 1.82) is 0 Å². The van der Waals surface area contributed by atoms with Crippen molar-refractivity contribution in [3.8, 4) is 0 Å². The second-order valence-corrected chi connectivity index (χ2v) is 2.50. The molecule has 2 unspecified atom stereocenters. The highest BCUT2D eigenvalue weighted by molar-refractivity contribution is 8.00. The van der Waals surface area contributed by atoms with Gasteiger partial charge < -0.3 is 9.32 Å². The van der Waals surface area contributed by atoms with Gasteiger partial charge in [-0.25, -0.2) is 0 Å². The van der Waals surface area contributed by atoms with Gasteiger partial charge in [0.2, 0.25) is 0 Å². The summed E-state index contributed by atoms with van der Waals surface area (Å²) in [5, 5.41) is 0. The van der Waals surface area contributed by atoms with Crippen molar-refractivity contribution >= 4 is 23.7 Å². The summed E-state index contributed by atoms with van der Waals surface area (Å²) in [5.74, 6) is 0. The van der Waals surface area contributed by atoms with Crippen LogP contribution in [0.25, 0.3) is 0 Å². The minimum Gasteiger partial charge on any atom is -0.348 e. The van der Waals surface area contributed by atoms with Gasteiger partial charge >= 0.3 is 0 Å². The van der Waals surface area contributed by atoms with Gasteiger partial charge in [0, 0.05) is 8.50 Å². The molecule has 0 bridgehead atoms. The maximum Gasteiger partial charge on any atom is 0.149 e. The van der Waals surface area contributed by atoms with Crippen LogP contribution >= 0.6 is 17.4 Å². The first-order valence-corrected chi connectivity index (χ1v) is 5.13. The molecule has 0 amide bonds. The second-order valence-electron chi connectivity index (χ2n) is 1.32. The van der Waals surface area contributed by atoms with Crippen molar-refractivity contribution < 1.29 is 9.32 Å². The second kappa shape index (κ2) is 5.62. The van der Waals surface area contributed by atoms with Crippen LogP contribution in [-0.4, -0.2) is 12.4 Å². The van der Waals surface area contributed by atoms with Crippen LogP contribution in [-0.2, 0) is 9.32 Å². The Morgan fingerprint density at radius 2 is 2.62 bits per heavy atom. The molecule has 48 valence electrons. The number of aldehydes is 1. The Bertz CT molecular complexity index is 67.1. The predicted octanol–water partition coefficient (Wildman–Crippen LogP) is 1.36. The molecule has 0 aromatic heterocycles. The van der Waals surface area contributed by atoms with E-state index in [9.17, 15) is 4.79 Å². The van der Waals surface area contributed by atoms with E-state index in [4.69, 9.17) is 4.52 Å². The molecule has 2 nitrogen and oxygen atoms in total. The molecule has 0 saturated carbocycles. The van der Waals surface area contributed by atoms with Gasteiger partial charge in [-0.2, -0.15) is 0 Å². The fraction of sp³-hybridized carbons (Fsp3) is 0.750. The van der Waals surface area contributed by atoms with E-state index >= 15 is 0 Å². The Morgan fingerprint density at radius 1 is 2.00 bits per heavy atom. The monoisotopic (exact) mass is 152 g/mol. The van der Waals surface area contributed by atoms with Gasteiger partial charge in [-0.1, -0.05) is 15.9 Å². The third-order valence-corrected chi connectivity index (χ3v) is 1.62. The first-order valence-electron chi connectivity index (χ1n) is 2.41. The minimum absolute atomic E-state index is 0.189. The molecule has 0 spiro atoms. The highest BCUT2D eigenvalue weighted by Crippen LogP contribution is 2.23. The van der Waals surface area contributed by atoms with Crippen LogP contribution < -0.4 is 0 Å². The summed E-state index contributed by atoms with van der Waals surface area (Å²) in [6.07, 6.45) is 1.41. The average Bonchev–Trinajstić information content (AvgIpc) is 1.83. The van der Waals surface area contributed by atoms with E-state index in [1.807, 2.05) is 6.92 Å². The maximum atomic E-state index is 10.00. The zero-order valence-electron chi connectivity index (χ0n) is 4.76. The first-order chi connectivity index (χ1) is 3.85. The van der Waals surface area contributed by atoms with Crippen LogP contribution in [0.3, 0.4) is 0 Å². The van der Waals surface area contributed by atoms with E-state index in [0.29, 0.717) is 8.50 Å². The predicted molar refractivity (Wildman–Crippen MR) is 39.3 cm³/mol. The molecule has 0 aliphatic heterocycles. The van der Waals surface area contributed by atoms with Crippen molar-refractivity contribution in [1.82, 2.24) is 0 Å². The van der Waals surface area contributed by atoms with E-state index < -0.39 is 0 Å². The van der Waals surface area contributed by atoms with Crippen LogP contribution in [0.1, 0.15) is 13.3 Å². The molecule has 0 radical (unpaired) electrons. The lowest BCUT2D eigenvalue weighted by Crippen LogP contribution is -2.06. The Labute approximate surface area is 53.3 Å². The molecule has 0 saturated heterocycles. The van der Waals surface area contributed by atoms with Crippen LogP contribution in [0.15, 0.2) is 0 Å². The molecule has 0 rings (SSSR count). The molecule has 0 aromatic rings. The van der Waals surface area contributed by atoms with Gasteiger partial charge in [0.1, 0.15) is 12.4 Å². The molecule has 0 N–H and O–H groups in total. The summed E-state index contributed by atoms with van der Waals surface area (Å²) in [7, 11) is 2.77. The third kappa shape index (κ3) is 3.49. The van der Waals surface area contributed by atoms with Gasteiger partial charge in [0.05, 0.1) is 0 Å². The summed E-state index contributed by atoms with van der Waals surface area (Å²) in [5.41, 5.74) is 0. The van der Waals surface area contributed by atoms with Gasteiger partial charge in [-0.15, -0.1) is 0 Å². The first kappa shape index (κ1) is 8.49. The quantitative estimate of drug-likeness (QED) is 0.449. The van der Waals surface area contributed by atoms with Gasteiger partial charge in [-0.3, -0.25) is 0 Å². The van der Waals surface area contributed by atoms with Crippen LogP contribution in [0.5, 0.6) is 0 Å². The molecule has 0 aromatic carbocycles. The average molecular weight is 152 g/mol. The summed E-state index contributed by atoms with van der Waals surface area (Å²) in [6.45, 7) is 1.92. The maximum absolute atomic E-state index is 10.00. The van der Waals surface area contributed by atoms with E-state index in [-0.39, 0.29) is 6.10 Å². The SMILES string of the molecule is CC[C@H](C=O)OPP. The number of rotatable bonds is 4. The zero-order chi connectivity index (χ0) is 6.41. The molecule has 0 fully saturated rings. The summed E-state index contributed by atoms with van der Waals surface area (Å²) < 4.78 is 4.96. The van der Waals surface area contributed by atoms with Crippen LogP contribution in [0, 0.1) is 0 Å². The van der Waals surface area contributed by atoms with Crippen molar-refractivity contribution in [2.45, 2.75) is 19.4 Å². The number of hydrogen-bond acceptors (Lipinski definition) is 2. The Hall–Kier alpha value is 0.490. The van der Waals surface area contributed by atoms with Gasteiger partial charge in [0.25, 0.3) is 0 Å².